The van der Waals surface area contributed by atoms with Crippen LogP contribution in [0.15, 0.2) is 61.2 Å². The molecular weight excluding hydrogens is 404 g/mol. The van der Waals surface area contributed by atoms with Crippen molar-refractivity contribution in [2.75, 3.05) is 7.11 Å². The minimum atomic E-state index is -1.65. The lowest BCUT2D eigenvalue weighted by Gasteiger charge is -2.34. The molecule has 6 nitrogen and oxygen atoms in total. The number of esters is 1. The van der Waals surface area contributed by atoms with Gasteiger partial charge in [0.25, 0.3) is 0 Å². The Balaban J connectivity index is 1.80. The van der Waals surface area contributed by atoms with Gasteiger partial charge in [-0.2, -0.15) is 5.10 Å². The van der Waals surface area contributed by atoms with Gasteiger partial charge in [0, 0.05) is 11.6 Å². The SMILES string of the molecule is COC(=O)c1ccc(/C=C/C[C@H](C)[C@](O)(Cn2cncn2)c2ccc(F)cc2F)cc1. The van der Waals surface area contributed by atoms with Crippen molar-refractivity contribution in [2.24, 2.45) is 5.92 Å². The molecule has 0 fully saturated rings. The lowest BCUT2D eigenvalue weighted by atomic mass is 9.80. The lowest BCUT2D eigenvalue weighted by Crippen LogP contribution is -2.39. The molecule has 162 valence electrons. The van der Waals surface area contributed by atoms with E-state index in [0.29, 0.717) is 12.0 Å². The smallest absolute Gasteiger partial charge is 0.337 e. The van der Waals surface area contributed by atoms with E-state index >= 15 is 0 Å². The lowest BCUT2D eigenvalue weighted by molar-refractivity contribution is -0.0380. The van der Waals surface area contributed by atoms with E-state index in [1.54, 1.807) is 31.2 Å². The largest absolute Gasteiger partial charge is 0.465 e. The summed E-state index contributed by atoms with van der Waals surface area (Å²) in [5.74, 6) is -2.39. The van der Waals surface area contributed by atoms with E-state index in [4.69, 9.17) is 0 Å². The Morgan fingerprint density at radius 2 is 2.00 bits per heavy atom. The van der Waals surface area contributed by atoms with E-state index in [1.807, 2.05) is 12.2 Å². The van der Waals surface area contributed by atoms with Crippen molar-refractivity contribution in [3.63, 3.8) is 0 Å². The number of methoxy groups -OCH3 is 1. The normalized spacial score (nSPS) is 14.4. The number of carbonyl (C=O) groups is 1. The Kier molecular flexibility index (Phi) is 6.91. The molecule has 0 radical (unpaired) electrons. The van der Waals surface area contributed by atoms with Crippen LogP contribution in [0.3, 0.4) is 0 Å². The highest BCUT2D eigenvalue weighted by Crippen LogP contribution is 2.35. The molecule has 0 spiro atoms. The predicted octanol–water partition coefficient (Wildman–Crippen LogP) is 3.97. The third-order valence-corrected chi connectivity index (χ3v) is 5.21. The van der Waals surface area contributed by atoms with Crippen LogP contribution in [0.2, 0.25) is 0 Å². The second-order valence-electron chi connectivity index (χ2n) is 7.29. The summed E-state index contributed by atoms with van der Waals surface area (Å²) in [6.07, 6.45) is 6.85. The maximum atomic E-state index is 14.6. The maximum Gasteiger partial charge on any atom is 0.337 e. The topological polar surface area (TPSA) is 77.2 Å². The Morgan fingerprint density at radius 3 is 2.61 bits per heavy atom. The van der Waals surface area contributed by atoms with E-state index in [1.165, 1.54) is 30.5 Å². The maximum absolute atomic E-state index is 14.6. The second kappa shape index (κ2) is 9.61. The fourth-order valence-corrected chi connectivity index (χ4v) is 3.36. The molecule has 3 aromatic rings. The van der Waals surface area contributed by atoms with Crippen LogP contribution in [0.25, 0.3) is 6.08 Å². The van der Waals surface area contributed by atoms with E-state index in [2.05, 4.69) is 14.8 Å². The van der Waals surface area contributed by atoms with Crippen LogP contribution in [-0.2, 0) is 16.9 Å². The molecule has 0 amide bonds. The van der Waals surface area contributed by atoms with Gasteiger partial charge in [-0.3, -0.25) is 0 Å². The van der Waals surface area contributed by atoms with Gasteiger partial charge in [0.2, 0.25) is 0 Å². The quantitative estimate of drug-likeness (QED) is 0.551. The van der Waals surface area contributed by atoms with Crippen molar-refractivity contribution in [3.8, 4) is 0 Å². The fourth-order valence-electron chi connectivity index (χ4n) is 3.36. The molecule has 0 saturated heterocycles. The van der Waals surface area contributed by atoms with Gasteiger partial charge in [-0.1, -0.05) is 37.3 Å². The summed E-state index contributed by atoms with van der Waals surface area (Å²) in [7, 11) is 1.32. The van der Waals surface area contributed by atoms with Crippen molar-refractivity contribution in [1.29, 1.82) is 0 Å². The predicted molar refractivity (Wildman–Crippen MR) is 111 cm³/mol. The number of carbonyl (C=O) groups excluding carboxylic acids is 1. The molecule has 3 rings (SSSR count). The molecule has 0 aliphatic rings. The first-order valence-corrected chi connectivity index (χ1v) is 9.68. The molecule has 2 aromatic carbocycles. The summed E-state index contributed by atoms with van der Waals surface area (Å²) < 4.78 is 34.1. The Morgan fingerprint density at radius 1 is 1.26 bits per heavy atom. The molecule has 0 unspecified atom stereocenters. The Labute approximate surface area is 178 Å². The van der Waals surface area contributed by atoms with Gasteiger partial charge >= 0.3 is 5.97 Å². The average Bonchev–Trinajstić information content (AvgIpc) is 3.26. The van der Waals surface area contributed by atoms with Crippen molar-refractivity contribution in [3.05, 3.63) is 89.5 Å². The van der Waals surface area contributed by atoms with Crippen LogP contribution in [0.4, 0.5) is 8.78 Å². The molecule has 1 heterocycles. The molecule has 1 aromatic heterocycles. The van der Waals surface area contributed by atoms with E-state index in [0.717, 1.165) is 17.7 Å². The number of aliphatic hydroxyl groups is 1. The highest BCUT2D eigenvalue weighted by molar-refractivity contribution is 5.89. The number of rotatable bonds is 8. The number of benzene rings is 2. The molecule has 0 bridgehead atoms. The third kappa shape index (κ3) is 5.21. The van der Waals surface area contributed by atoms with Crippen LogP contribution in [-0.4, -0.2) is 33.0 Å². The molecule has 1 N–H and O–H groups in total. The van der Waals surface area contributed by atoms with Gasteiger partial charge in [-0.05, 0) is 36.1 Å². The second-order valence-corrected chi connectivity index (χ2v) is 7.29. The first kappa shape index (κ1) is 22.3. The van der Waals surface area contributed by atoms with Gasteiger partial charge in [-0.25, -0.2) is 23.2 Å². The minimum Gasteiger partial charge on any atom is -0.465 e. The van der Waals surface area contributed by atoms with E-state index in [-0.39, 0.29) is 12.1 Å². The van der Waals surface area contributed by atoms with Gasteiger partial charge in [-0.15, -0.1) is 0 Å². The highest BCUT2D eigenvalue weighted by Gasteiger charge is 2.38. The molecule has 31 heavy (non-hydrogen) atoms. The third-order valence-electron chi connectivity index (χ3n) is 5.21. The zero-order valence-electron chi connectivity index (χ0n) is 17.2. The number of aromatic nitrogens is 3. The molecule has 0 aliphatic carbocycles. The van der Waals surface area contributed by atoms with Crippen LogP contribution >= 0.6 is 0 Å². The summed E-state index contributed by atoms with van der Waals surface area (Å²) in [5, 5.41) is 15.5. The van der Waals surface area contributed by atoms with Crippen LogP contribution in [0, 0.1) is 17.6 Å². The summed E-state index contributed by atoms with van der Waals surface area (Å²) in [6, 6.07) is 9.99. The van der Waals surface area contributed by atoms with Crippen LogP contribution in [0.5, 0.6) is 0 Å². The van der Waals surface area contributed by atoms with E-state index in [9.17, 15) is 18.7 Å². The first-order valence-electron chi connectivity index (χ1n) is 9.68. The van der Waals surface area contributed by atoms with Crippen molar-refractivity contribution < 1.29 is 23.4 Å². The van der Waals surface area contributed by atoms with Crippen molar-refractivity contribution in [1.82, 2.24) is 14.8 Å². The number of allylic oxidation sites excluding steroid dienone is 1. The minimum absolute atomic E-state index is 0.00673. The number of nitrogens with zero attached hydrogens (tertiary/aromatic N) is 3. The Hall–Kier alpha value is -3.39. The summed E-state index contributed by atoms with van der Waals surface area (Å²) in [4.78, 5) is 15.4. The number of hydrogen-bond donors (Lipinski definition) is 1. The van der Waals surface area contributed by atoms with Crippen LogP contribution < -0.4 is 0 Å². The number of hydrogen-bond acceptors (Lipinski definition) is 5. The molecule has 8 heteroatoms. The Bertz CT molecular complexity index is 1050. The summed E-state index contributed by atoms with van der Waals surface area (Å²) in [5.41, 5.74) is -0.354. The zero-order chi connectivity index (χ0) is 22.4. The average molecular weight is 427 g/mol. The molecule has 0 saturated carbocycles. The van der Waals surface area contributed by atoms with Gasteiger partial charge in [0.1, 0.15) is 29.9 Å². The molecule has 2 atom stereocenters. The van der Waals surface area contributed by atoms with Gasteiger partial charge < -0.3 is 9.84 Å². The van der Waals surface area contributed by atoms with Crippen molar-refractivity contribution >= 4 is 12.0 Å². The van der Waals surface area contributed by atoms with Gasteiger partial charge in [0.15, 0.2) is 0 Å². The summed E-state index contributed by atoms with van der Waals surface area (Å²) in [6.45, 7) is 1.74. The molecule has 0 aliphatic heterocycles. The standard InChI is InChI=1S/C23H23F2N3O3/c1-16(4-3-5-17-6-8-18(9-7-17)22(29)31-2)23(30,13-28-15-26-14-27-28)20-11-10-19(24)12-21(20)25/h3,5-12,14-16,30H,4,13H2,1-2H3/b5-3+/t16-,23+/m0/s1. The highest BCUT2D eigenvalue weighted by atomic mass is 19.1. The van der Waals surface area contributed by atoms with E-state index < -0.39 is 29.1 Å². The molecular formula is C23H23F2N3O3. The van der Waals surface area contributed by atoms with Crippen LogP contribution in [0.1, 0.15) is 34.8 Å². The zero-order valence-corrected chi connectivity index (χ0v) is 17.2. The monoisotopic (exact) mass is 427 g/mol. The fraction of sp³-hybridized carbons (Fsp3) is 0.261. The van der Waals surface area contributed by atoms with Crippen molar-refractivity contribution in [2.45, 2.75) is 25.5 Å². The number of ether oxygens (including phenoxy) is 1. The summed E-state index contributed by atoms with van der Waals surface area (Å²) >= 11 is 0. The number of halogens is 2. The first-order chi connectivity index (χ1) is 14.8. The van der Waals surface area contributed by atoms with Gasteiger partial charge in [0.05, 0.1) is 19.2 Å².